The van der Waals surface area contributed by atoms with Crippen molar-refractivity contribution in [3.8, 4) is 5.75 Å². The first-order valence-corrected chi connectivity index (χ1v) is 5.79. The smallest absolute Gasteiger partial charge is 0.118 e. The van der Waals surface area contributed by atoms with E-state index in [4.69, 9.17) is 4.74 Å². The zero-order valence-electron chi connectivity index (χ0n) is 10.3. The van der Waals surface area contributed by atoms with E-state index < -0.39 is 0 Å². The molecule has 0 spiro atoms. The third-order valence-electron chi connectivity index (χ3n) is 3.09. The molecule has 4 heteroatoms. The number of aliphatic hydroxyl groups is 2. The van der Waals surface area contributed by atoms with Crippen molar-refractivity contribution < 1.29 is 14.9 Å². The fraction of sp³-hybridized carbons (Fsp3) is 0.286. The van der Waals surface area contributed by atoms with E-state index >= 15 is 0 Å². The lowest BCUT2D eigenvalue weighted by atomic mass is 9.84. The molecule has 0 bridgehead atoms. The van der Waals surface area contributed by atoms with E-state index in [1.165, 1.54) is 0 Å². The van der Waals surface area contributed by atoms with Crippen LogP contribution in [0.25, 0.3) is 0 Å². The lowest BCUT2D eigenvalue weighted by Gasteiger charge is -2.25. The molecular weight excluding hydrogens is 230 g/mol. The maximum atomic E-state index is 9.39. The van der Waals surface area contributed by atoms with Crippen LogP contribution in [0.5, 0.6) is 5.75 Å². The van der Waals surface area contributed by atoms with Crippen LogP contribution in [0.2, 0.25) is 0 Å². The molecule has 4 nitrogen and oxygen atoms in total. The number of hydrogen-bond acceptors (Lipinski definition) is 4. The Morgan fingerprint density at radius 2 is 1.61 bits per heavy atom. The molecule has 1 aromatic carbocycles. The van der Waals surface area contributed by atoms with E-state index in [-0.39, 0.29) is 19.1 Å². The second-order valence-corrected chi connectivity index (χ2v) is 4.13. The van der Waals surface area contributed by atoms with Crippen LogP contribution in [0.3, 0.4) is 0 Å². The van der Waals surface area contributed by atoms with Crippen LogP contribution in [-0.4, -0.2) is 30.5 Å². The Morgan fingerprint density at radius 1 is 1.06 bits per heavy atom. The van der Waals surface area contributed by atoms with Gasteiger partial charge in [-0.1, -0.05) is 12.1 Å². The number of ether oxygens (including phenoxy) is 1. The number of rotatable bonds is 4. The van der Waals surface area contributed by atoms with Gasteiger partial charge in [-0.2, -0.15) is 0 Å². The molecule has 0 aromatic heterocycles. The first kappa shape index (κ1) is 12.7. The number of benzene rings is 1. The Hall–Kier alpha value is -1.78. The minimum absolute atomic E-state index is 0.0406. The second-order valence-electron chi connectivity index (χ2n) is 4.13. The van der Waals surface area contributed by atoms with Crippen molar-refractivity contribution in [2.75, 3.05) is 20.3 Å². The highest BCUT2D eigenvalue weighted by Gasteiger charge is 2.22. The minimum atomic E-state index is -0.0767. The molecule has 2 rings (SSSR count). The molecule has 1 aliphatic heterocycles. The highest BCUT2D eigenvalue weighted by molar-refractivity contribution is 5.43. The van der Waals surface area contributed by atoms with Gasteiger partial charge in [-0.05, 0) is 28.8 Å². The van der Waals surface area contributed by atoms with Gasteiger partial charge >= 0.3 is 0 Å². The molecule has 1 heterocycles. The van der Waals surface area contributed by atoms with E-state index in [0.29, 0.717) is 0 Å². The molecule has 0 fully saturated rings. The van der Waals surface area contributed by atoms with Crippen LogP contribution in [0, 0.1) is 0 Å². The Kier molecular flexibility index (Phi) is 4.02. The van der Waals surface area contributed by atoms with Gasteiger partial charge in [-0.25, -0.2) is 0 Å². The molecule has 0 saturated carbocycles. The topological polar surface area (TPSA) is 61.7 Å². The van der Waals surface area contributed by atoms with Crippen molar-refractivity contribution in [3.05, 3.63) is 53.4 Å². The molecule has 0 radical (unpaired) electrons. The number of hydrogen-bond donors (Lipinski definition) is 3. The van der Waals surface area contributed by atoms with Crippen LogP contribution in [-0.2, 0) is 0 Å². The molecule has 96 valence electrons. The lowest BCUT2D eigenvalue weighted by Crippen LogP contribution is -2.19. The monoisotopic (exact) mass is 247 g/mol. The van der Waals surface area contributed by atoms with Crippen LogP contribution in [0.15, 0.2) is 47.8 Å². The molecule has 1 aliphatic rings. The Balaban J connectivity index is 2.34. The summed E-state index contributed by atoms with van der Waals surface area (Å²) in [5.74, 6) is 0.712. The fourth-order valence-electron chi connectivity index (χ4n) is 2.16. The van der Waals surface area contributed by atoms with Crippen molar-refractivity contribution in [2.45, 2.75) is 5.92 Å². The Bertz CT molecular complexity index is 442. The molecular formula is C14H17NO3. The van der Waals surface area contributed by atoms with Gasteiger partial charge in [-0.15, -0.1) is 0 Å². The minimum Gasteiger partial charge on any atom is -0.497 e. The molecule has 0 amide bonds. The number of nitrogens with one attached hydrogen (secondary N) is 1. The van der Waals surface area contributed by atoms with Crippen molar-refractivity contribution in [1.82, 2.24) is 5.32 Å². The van der Waals surface area contributed by atoms with Crippen molar-refractivity contribution >= 4 is 0 Å². The summed E-state index contributed by atoms with van der Waals surface area (Å²) in [5, 5.41) is 21.7. The molecule has 1 aromatic rings. The normalized spacial score (nSPS) is 15.7. The average Bonchev–Trinajstić information content (AvgIpc) is 2.46. The van der Waals surface area contributed by atoms with E-state index in [1.807, 2.05) is 24.3 Å². The zero-order valence-corrected chi connectivity index (χ0v) is 10.3. The highest BCUT2D eigenvalue weighted by atomic mass is 16.5. The van der Waals surface area contributed by atoms with Gasteiger partial charge in [0, 0.05) is 18.3 Å². The van der Waals surface area contributed by atoms with Crippen LogP contribution in [0.4, 0.5) is 0 Å². The summed E-state index contributed by atoms with van der Waals surface area (Å²) in [6.07, 6.45) is 3.54. The number of dihydropyridines is 1. The number of methoxy groups -OCH3 is 1. The first-order valence-electron chi connectivity index (χ1n) is 5.79. The van der Waals surface area contributed by atoms with Gasteiger partial charge in [0.05, 0.1) is 20.3 Å². The summed E-state index contributed by atoms with van der Waals surface area (Å²) in [7, 11) is 1.62. The van der Waals surface area contributed by atoms with Gasteiger partial charge in [0.1, 0.15) is 5.75 Å². The van der Waals surface area contributed by atoms with Crippen LogP contribution < -0.4 is 10.1 Å². The third kappa shape index (κ3) is 2.39. The van der Waals surface area contributed by atoms with E-state index in [1.54, 1.807) is 19.5 Å². The van der Waals surface area contributed by atoms with Gasteiger partial charge in [0.15, 0.2) is 0 Å². The third-order valence-corrected chi connectivity index (χ3v) is 3.09. The van der Waals surface area contributed by atoms with Crippen LogP contribution in [0.1, 0.15) is 11.5 Å². The van der Waals surface area contributed by atoms with Gasteiger partial charge in [-0.3, -0.25) is 0 Å². The molecule has 0 unspecified atom stereocenters. The van der Waals surface area contributed by atoms with Gasteiger partial charge in [0.2, 0.25) is 0 Å². The first-order chi connectivity index (χ1) is 8.80. The van der Waals surface area contributed by atoms with Gasteiger partial charge < -0.3 is 20.3 Å². The summed E-state index contributed by atoms with van der Waals surface area (Å²) in [6.45, 7) is -0.0813. The van der Waals surface area contributed by atoms with Crippen molar-refractivity contribution in [1.29, 1.82) is 0 Å². The quantitative estimate of drug-likeness (QED) is 0.746. The molecule has 0 saturated heterocycles. The van der Waals surface area contributed by atoms with Crippen LogP contribution >= 0.6 is 0 Å². The molecule has 18 heavy (non-hydrogen) atoms. The second kappa shape index (κ2) is 5.71. The highest BCUT2D eigenvalue weighted by Crippen LogP contribution is 2.33. The number of aliphatic hydroxyl groups excluding tert-OH is 2. The predicted molar refractivity (Wildman–Crippen MR) is 69.2 cm³/mol. The SMILES string of the molecule is COc1ccc(C2C(CO)=CNC=C2CO)cc1. The predicted octanol–water partition coefficient (Wildman–Crippen LogP) is 1.13. The van der Waals surface area contributed by atoms with Crippen molar-refractivity contribution in [3.63, 3.8) is 0 Å². The summed E-state index contributed by atoms with van der Waals surface area (Å²) in [4.78, 5) is 0. The maximum absolute atomic E-state index is 9.39. The average molecular weight is 247 g/mol. The standard InChI is InChI=1S/C14H17NO3/c1-18-13-4-2-10(3-5-13)14-11(8-16)6-15-7-12(14)9-17/h2-7,14-17H,8-9H2,1H3. The molecule has 0 atom stereocenters. The Morgan fingerprint density at radius 3 is 2.06 bits per heavy atom. The Labute approximate surface area is 106 Å². The maximum Gasteiger partial charge on any atom is 0.118 e. The molecule has 3 N–H and O–H groups in total. The fourth-order valence-corrected chi connectivity index (χ4v) is 2.16. The van der Waals surface area contributed by atoms with E-state index in [9.17, 15) is 10.2 Å². The van der Waals surface area contributed by atoms with E-state index in [2.05, 4.69) is 5.32 Å². The largest absolute Gasteiger partial charge is 0.497 e. The van der Waals surface area contributed by atoms with E-state index in [0.717, 1.165) is 22.5 Å². The summed E-state index contributed by atoms with van der Waals surface area (Å²) < 4.78 is 5.12. The summed E-state index contributed by atoms with van der Waals surface area (Å²) >= 11 is 0. The zero-order chi connectivity index (χ0) is 13.0. The molecule has 0 aliphatic carbocycles. The van der Waals surface area contributed by atoms with Gasteiger partial charge in [0.25, 0.3) is 0 Å². The summed E-state index contributed by atoms with van der Waals surface area (Å²) in [5.41, 5.74) is 2.70. The lowest BCUT2D eigenvalue weighted by molar-refractivity contribution is 0.306. The summed E-state index contributed by atoms with van der Waals surface area (Å²) in [6, 6.07) is 7.65. The van der Waals surface area contributed by atoms with Crippen molar-refractivity contribution in [2.24, 2.45) is 0 Å².